The van der Waals surface area contributed by atoms with Gasteiger partial charge in [0, 0.05) is 24.5 Å². The summed E-state index contributed by atoms with van der Waals surface area (Å²) in [5, 5.41) is 3.61. The van der Waals surface area contributed by atoms with Gasteiger partial charge in [-0.15, -0.1) is 0 Å². The minimum atomic E-state index is -0.0588. The summed E-state index contributed by atoms with van der Waals surface area (Å²) in [6.45, 7) is 1.26. The number of carbonyl (C=O) groups is 2. The Labute approximate surface area is 134 Å². The minimum Gasteiger partial charge on any atom is -0.350 e. The molecule has 0 aromatic heterocycles. The fraction of sp³-hybridized carbons (Fsp3) is 0.467. The standard InChI is InChI=1S/C15H19ClN2O2S/c1-21-10-14(19)17-13-8-15(20)18(9-13)6-5-11-3-2-4-12(16)7-11/h2-4,7,13H,5-6,8-10H2,1H3,(H,17,19)/t13-/m0/s1. The van der Waals surface area contributed by atoms with E-state index in [0.717, 1.165) is 12.0 Å². The van der Waals surface area contributed by atoms with Crippen molar-refractivity contribution in [3.8, 4) is 0 Å². The highest BCUT2D eigenvalue weighted by Crippen LogP contribution is 2.15. The van der Waals surface area contributed by atoms with E-state index in [1.165, 1.54) is 11.8 Å². The molecule has 0 radical (unpaired) electrons. The van der Waals surface area contributed by atoms with E-state index < -0.39 is 0 Å². The topological polar surface area (TPSA) is 49.4 Å². The van der Waals surface area contributed by atoms with E-state index in [0.29, 0.717) is 30.3 Å². The molecule has 0 saturated carbocycles. The van der Waals surface area contributed by atoms with Gasteiger partial charge in [0.1, 0.15) is 0 Å². The number of hydrogen-bond acceptors (Lipinski definition) is 3. The number of likely N-dealkylation sites (tertiary alicyclic amines) is 1. The van der Waals surface area contributed by atoms with Crippen LogP contribution in [-0.2, 0) is 16.0 Å². The van der Waals surface area contributed by atoms with Crippen LogP contribution < -0.4 is 5.32 Å². The lowest BCUT2D eigenvalue weighted by atomic mass is 10.1. The maximum Gasteiger partial charge on any atom is 0.230 e. The third-order valence-electron chi connectivity index (χ3n) is 3.41. The lowest BCUT2D eigenvalue weighted by Crippen LogP contribution is -2.38. The second kappa shape index (κ2) is 7.71. The molecule has 6 heteroatoms. The van der Waals surface area contributed by atoms with Crippen LogP contribution in [0.4, 0.5) is 0 Å². The van der Waals surface area contributed by atoms with Gasteiger partial charge >= 0.3 is 0 Å². The summed E-state index contributed by atoms with van der Waals surface area (Å²) in [4.78, 5) is 25.3. The van der Waals surface area contributed by atoms with Crippen molar-refractivity contribution >= 4 is 35.2 Å². The molecule has 1 aromatic rings. The number of nitrogens with zero attached hydrogens (tertiary/aromatic N) is 1. The fourth-order valence-electron chi connectivity index (χ4n) is 2.44. The van der Waals surface area contributed by atoms with E-state index in [1.807, 2.05) is 35.4 Å². The molecule has 1 heterocycles. The van der Waals surface area contributed by atoms with Crippen molar-refractivity contribution in [1.29, 1.82) is 0 Å². The Morgan fingerprint density at radius 3 is 3.05 bits per heavy atom. The first-order valence-electron chi connectivity index (χ1n) is 6.89. The van der Waals surface area contributed by atoms with Gasteiger partial charge in [-0.05, 0) is 30.4 Å². The molecule has 1 aromatic carbocycles. The minimum absolute atomic E-state index is 0.00279. The average Bonchev–Trinajstić information content (AvgIpc) is 2.77. The van der Waals surface area contributed by atoms with Crippen molar-refractivity contribution in [3.63, 3.8) is 0 Å². The second-order valence-electron chi connectivity index (χ2n) is 5.12. The molecule has 0 unspecified atom stereocenters. The van der Waals surface area contributed by atoms with Crippen LogP contribution in [0.25, 0.3) is 0 Å². The van der Waals surface area contributed by atoms with Crippen molar-refractivity contribution in [1.82, 2.24) is 10.2 Å². The van der Waals surface area contributed by atoms with Gasteiger partial charge in [0.05, 0.1) is 11.8 Å². The molecular weight excluding hydrogens is 308 g/mol. The highest BCUT2D eigenvalue weighted by atomic mass is 35.5. The van der Waals surface area contributed by atoms with Gasteiger partial charge in [-0.1, -0.05) is 23.7 Å². The number of benzene rings is 1. The van der Waals surface area contributed by atoms with E-state index in [4.69, 9.17) is 11.6 Å². The molecule has 1 N–H and O–H groups in total. The first kappa shape index (κ1) is 16.2. The van der Waals surface area contributed by atoms with Crippen molar-refractivity contribution in [2.75, 3.05) is 25.1 Å². The third kappa shape index (κ3) is 4.93. The number of nitrogens with one attached hydrogen (secondary N) is 1. The number of amides is 2. The summed E-state index contributed by atoms with van der Waals surface area (Å²) in [6.07, 6.45) is 3.06. The Kier molecular flexibility index (Phi) is 5.94. The normalized spacial score (nSPS) is 18.1. The summed E-state index contributed by atoms with van der Waals surface area (Å²) < 4.78 is 0. The summed E-state index contributed by atoms with van der Waals surface area (Å²) in [6, 6.07) is 7.61. The van der Waals surface area contributed by atoms with Gasteiger partial charge in [0.15, 0.2) is 0 Å². The summed E-state index contributed by atoms with van der Waals surface area (Å²) in [5.41, 5.74) is 1.12. The molecule has 2 rings (SSSR count). The average molecular weight is 327 g/mol. The predicted octanol–water partition coefficient (Wildman–Crippen LogP) is 1.96. The monoisotopic (exact) mass is 326 g/mol. The number of thioether (sulfide) groups is 1. The second-order valence-corrected chi connectivity index (χ2v) is 6.42. The van der Waals surface area contributed by atoms with Crippen molar-refractivity contribution in [3.05, 3.63) is 34.9 Å². The molecule has 1 saturated heterocycles. The van der Waals surface area contributed by atoms with Crippen molar-refractivity contribution < 1.29 is 9.59 Å². The predicted molar refractivity (Wildman–Crippen MR) is 86.7 cm³/mol. The van der Waals surface area contributed by atoms with Crippen LogP contribution in [0.3, 0.4) is 0 Å². The largest absolute Gasteiger partial charge is 0.350 e. The van der Waals surface area contributed by atoms with Crippen LogP contribution in [0.2, 0.25) is 5.02 Å². The van der Waals surface area contributed by atoms with Crippen LogP contribution in [0.5, 0.6) is 0 Å². The van der Waals surface area contributed by atoms with Crippen LogP contribution in [-0.4, -0.2) is 47.9 Å². The molecule has 1 aliphatic rings. The Morgan fingerprint density at radius 2 is 2.33 bits per heavy atom. The molecule has 0 aliphatic carbocycles. The van der Waals surface area contributed by atoms with E-state index >= 15 is 0 Å². The Hall–Kier alpha value is -1.20. The number of rotatable bonds is 6. The Morgan fingerprint density at radius 1 is 1.52 bits per heavy atom. The zero-order chi connectivity index (χ0) is 15.2. The quantitative estimate of drug-likeness (QED) is 0.869. The fourth-order valence-corrected chi connectivity index (χ4v) is 3.00. The number of hydrogen-bond donors (Lipinski definition) is 1. The molecule has 0 bridgehead atoms. The van der Waals surface area contributed by atoms with Gasteiger partial charge < -0.3 is 10.2 Å². The molecule has 1 fully saturated rings. The van der Waals surface area contributed by atoms with E-state index in [9.17, 15) is 9.59 Å². The summed E-state index contributed by atoms with van der Waals surface area (Å²) >= 11 is 7.43. The molecular formula is C15H19ClN2O2S. The maximum absolute atomic E-state index is 12.0. The third-order valence-corrected chi connectivity index (χ3v) is 4.20. The Balaban J connectivity index is 1.82. The molecule has 1 atom stereocenters. The van der Waals surface area contributed by atoms with Crippen LogP contribution in [0.1, 0.15) is 12.0 Å². The molecule has 21 heavy (non-hydrogen) atoms. The first-order chi connectivity index (χ1) is 10.1. The molecule has 0 spiro atoms. The summed E-state index contributed by atoms with van der Waals surface area (Å²) in [7, 11) is 0. The Bertz CT molecular complexity index is 524. The van der Waals surface area contributed by atoms with E-state index in [-0.39, 0.29) is 17.9 Å². The molecule has 4 nitrogen and oxygen atoms in total. The van der Waals surface area contributed by atoms with Crippen LogP contribution >= 0.6 is 23.4 Å². The van der Waals surface area contributed by atoms with Gasteiger partial charge in [-0.2, -0.15) is 11.8 Å². The van der Waals surface area contributed by atoms with E-state index in [1.54, 1.807) is 0 Å². The number of carbonyl (C=O) groups excluding carboxylic acids is 2. The van der Waals surface area contributed by atoms with Crippen LogP contribution in [0, 0.1) is 0 Å². The van der Waals surface area contributed by atoms with Gasteiger partial charge in [-0.25, -0.2) is 0 Å². The smallest absolute Gasteiger partial charge is 0.230 e. The summed E-state index contributed by atoms with van der Waals surface area (Å²) in [5.74, 6) is 0.538. The zero-order valence-electron chi connectivity index (χ0n) is 12.0. The van der Waals surface area contributed by atoms with Gasteiger partial charge in [-0.3, -0.25) is 9.59 Å². The maximum atomic E-state index is 12.0. The molecule has 1 aliphatic heterocycles. The number of halogens is 1. The van der Waals surface area contributed by atoms with Gasteiger partial charge in [0.2, 0.25) is 11.8 Å². The van der Waals surface area contributed by atoms with Crippen LogP contribution in [0.15, 0.2) is 24.3 Å². The lowest BCUT2D eigenvalue weighted by molar-refractivity contribution is -0.127. The lowest BCUT2D eigenvalue weighted by Gasteiger charge is -2.17. The SMILES string of the molecule is CSCC(=O)N[C@H]1CC(=O)N(CCc2cccc(Cl)c2)C1. The van der Waals surface area contributed by atoms with Gasteiger partial charge in [0.25, 0.3) is 0 Å². The van der Waals surface area contributed by atoms with Crippen molar-refractivity contribution in [2.24, 2.45) is 0 Å². The zero-order valence-corrected chi connectivity index (χ0v) is 13.5. The molecule has 114 valence electrons. The highest BCUT2D eigenvalue weighted by molar-refractivity contribution is 7.99. The van der Waals surface area contributed by atoms with E-state index in [2.05, 4.69) is 5.32 Å². The molecule has 2 amide bonds. The highest BCUT2D eigenvalue weighted by Gasteiger charge is 2.29. The van der Waals surface area contributed by atoms with Crippen molar-refractivity contribution in [2.45, 2.75) is 18.9 Å². The first-order valence-corrected chi connectivity index (χ1v) is 8.66.